The summed E-state index contributed by atoms with van der Waals surface area (Å²) in [5.74, 6) is 5.40. The molecule has 0 heterocycles. The number of hydrogen-bond acceptors (Lipinski definition) is 7. The van der Waals surface area contributed by atoms with E-state index in [0.717, 1.165) is 0 Å². The van der Waals surface area contributed by atoms with Gasteiger partial charge in [-0.05, 0) is 30.7 Å². The number of methoxy groups -OCH3 is 1. The van der Waals surface area contributed by atoms with Crippen molar-refractivity contribution in [2.45, 2.75) is 17.7 Å². The summed E-state index contributed by atoms with van der Waals surface area (Å²) in [4.78, 5) is 11.7. The lowest BCUT2D eigenvalue weighted by molar-refractivity contribution is -0.121. The molecule has 0 saturated carbocycles. The molecule has 0 aliphatic heterocycles. The third-order valence-corrected chi connectivity index (χ3v) is 4.50. The molecular formula is C14H23N5O4S. The van der Waals surface area contributed by atoms with Crippen LogP contribution in [0.5, 0.6) is 5.75 Å². The molecule has 1 aromatic carbocycles. The molecule has 1 aromatic rings. The van der Waals surface area contributed by atoms with E-state index < -0.39 is 10.0 Å². The number of benzene rings is 1. The number of rotatable bonds is 10. The fourth-order valence-corrected chi connectivity index (χ4v) is 2.78. The number of amides is 1. The largest absolute Gasteiger partial charge is 0.497 e. The maximum Gasteiger partial charge on any atom is 0.240 e. The molecule has 7 N–H and O–H groups in total. The predicted molar refractivity (Wildman–Crippen MR) is 90.0 cm³/mol. The topological polar surface area (TPSA) is 149 Å². The molecule has 1 rings (SSSR count). The number of nitrogens with one attached hydrogen (secondary N) is 3. The minimum absolute atomic E-state index is 0.0791. The van der Waals surface area contributed by atoms with Gasteiger partial charge in [-0.1, -0.05) is 0 Å². The van der Waals surface area contributed by atoms with Crippen LogP contribution in [0.15, 0.2) is 41.1 Å². The molecule has 0 bridgehead atoms. The number of sulfonamides is 1. The Morgan fingerprint density at radius 2 is 1.88 bits per heavy atom. The van der Waals surface area contributed by atoms with Crippen LogP contribution in [-0.2, 0) is 14.8 Å². The summed E-state index contributed by atoms with van der Waals surface area (Å²) in [5.41, 5.74) is 8.30. The van der Waals surface area contributed by atoms with Crippen molar-refractivity contribution in [2.75, 3.05) is 20.2 Å². The SMILES string of the molecule is COc1ccc(S(=O)(=O)NCCNC(=O)CC/C(N)=C/NN)cc1. The Morgan fingerprint density at radius 3 is 2.46 bits per heavy atom. The van der Waals surface area contributed by atoms with E-state index in [2.05, 4.69) is 15.5 Å². The molecule has 24 heavy (non-hydrogen) atoms. The first-order chi connectivity index (χ1) is 11.4. The lowest BCUT2D eigenvalue weighted by Gasteiger charge is -2.09. The second-order valence-electron chi connectivity index (χ2n) is 4.81. The number of carbonyl (C=O) groups is 1. The van der Waals surface area contributed by atoms with Gasteiger partial charge in [0, 0.05) is 31.4 Å². The van der Waals surface area contributed by atoms with Crippen molar-refractivity contribution >= 4 is 15.9 Å². The molecule has 9 nitrogen and oxygen atoms in total. The highest BCUT2D eigenvalue weighted by atomic mass is 32.2. The molecule has 0 unspecified atom stereocenters. The van der Waals surface area contributed by atoms with Crippen LogP contribution >= 0.6 is 0 Å². The molecule has 0 fully saturated rings. The number of allylic oxidation sites excluding steroid dienone is 1. The van der Waals surface area contributed by atoms with Crippen molar-refractivity contribution in [2.24, 2.45) is 11.6 Å². The highest BCUT2D eigenvalue weighted by molar-refractivity contribution is 7.89. The first kappa shape index (κ1) is 19.7. The number of carbonyl (C=O) groups excluding carboxylic acids is 1. The monoisotopic (exact) mass is 357 g/mol. The molecule has 1 amide bonds. The molecule has 0 spiro atoms. The van der Waals surface area contributed by atoms with Crippen molar-refractivity contribution in [1.29, 1.82) is 0 Å². The maximum absolute atomic E-state index is 12.1. The molecule has 0 radical (unpaired) electrons. The summed E-state index contributed by atoms with van der Waals surface area (Å²) in [7, 11) is -2.12. The fourth-order valence-electron chi connectivity index (χ4n) is 1.75. The molecule has 0 aromatic heterocycles. The van der Waals surface area contributed by atoms with Gasteiger partial charge in [-0.25, -0.2) is 13.1 Å². The summed E-state index contributed by atoms with van der Waals surface area (Å²) >= 11 is 0. The number of nitrogens with two attached hydrogens (primary N) is 2. The summed E-state index contributed by atoms with van der Waals surface area (Å²) in [6, 6.07) is 6.01. The minimum Gasteiger partial charge on any atom is -0.497 e. The van der Waals surface area contributed by atoms with Crippen molar-refractivity contribution in [1.82, 2.24) is 15.5 Å². The first-order valence-corrected chi connectivity index (χ1v) is 8.68. The molecule has 0 atom stereocenters. The fraction of sp³-hybridized carbons (Fsp3) is 0.357. The van der Waals surface area contributed by atoms with Gasteiger partial charge in [0.1, 0.15) is 5.75 Å². The molecule has 134 valence electrons. The van der Waals surface area contributed by atoms with Gasteiger partial charge >= 0.3 is 0 Å². The lowest BCUT2D eigenvalue weighted by Crippen LogP contribution is -2.34. The molecule has 0 aliphatic rings. The molecule has 10 heteroatoms. The van der Waals surface area contributed by atoms with Gasteiger partial charge in [-0.3, -0.25) is 10.6 Å². The standard InChI is InChI=1S/C14H23N5O4S/c1-23-12-3-5-13(6-4-12)24(21,22)19-9-8-17-14(20)7-2-11(15)10-18-16/h3-6,10,18-19H,2,7-9,15-16H2,1H3,(H,17,20)/b11-10-. The Balaban J connectivity index is 2.35. The highest BCUT2D eigenvalue weighted by Gasteiger charge is 2.13. The van der Waals surface area contributed by atoms with E-state index in [0.29, 0.717) is 17.9 Å². The Hall–Kier alpha value is -2.30. The van der Waals surface area contributed by atoms with Crippen LogP contribution in [-0.4, -0.2) is 34.5 Å². The van der Waals surface area contributed by atoms with E-state index >= 15 is 0 Å². The average Bonchev–Trinajstić information content (AvgIpc) is 2.57. The van der Waals surface area contributed by atoms with Gasteiger partial charge in [-0.15, -0.1) is 0 Å². The zero-order valence-corrected chi connectivity index (χ0v) is 14.2. The summed E-state index contributed by atoms with van der Waals surface area (Å²) in [5, 5.41) is 2.60. The maximum atomic E-state index is 12.1. The predicted octanol–water partition coefficient (Wildman–Crippen LogP) is -0.867. The van der Waals surface area contributed by atoms with Crippen LogP contribution in [0.25, 0.3) is 0 Å². The van der Waals surface area contributed by atoms with Crippen LogP contribution < -0.4 is 31.8 Å². The van der Waals surface area contributed by atoms with Crippen molar-refractivity contribution in [3.8, 4) is 5.75 Å². The third-order valence-electron chi connectivity index (χ3n) is 3.02. The Kier molecular flexibility index (Phi) is 8.02. The van der Waals surface area contributed by atoms with E-state index in [9.17, 15) is 13.2 Å². The molecule has 0 aliphatic carbocycles. The number of hydrogen-bond donors (Lipinski definition) is 5. The van der Waals surface area contributed by atoms with E-state index in [1.807, 2.05) is 0 Å². The van der Waals surface area contributed by atoms with Crippen LogP contribution in [0.1, 0.15) is 12.8 Å². The summed E-state index contributed by atoms with van der Waals surface area (Å²) in [6.07, 6.45) is 1.94. The highest BCUT2D eigenvalue weighted by Crippen LogP contribution is 2.14. The quantitative estimate of drug-likeness (QED) is 0.208. The average molecular weight is 357 g/mol. The Morgan fingerprint density at radius 1 is 1.21 bits per heavy atom. The molecule has 0 saturated heterocycles. The lowest BCUT2D eigenvalue weighted by atomic mass is 10.2. The van der Waals surface area contributed by atoms with Gasteiger partial charge in [0.05, 0.1) is 12.0 Å². The Bertz CT molecular complexity index is 658. The minimum atomic E-state index is -3.62. The van der Waals surface area contributed by atoms with E-state index in [-0.39, 0.29) is 30.3 Å². The van der Waals surface area contributed by atoms with Crippen molar-refractivity contribution < 1.29 is 17.9 Å². The van der Waals surface area contributed by atoms with Gasteiger partial charge in [0.15, 0.2) is 0 Å². The van der Waals surface area contributed by atoms with E-state index in [1.165, 1.54) is 25.4 Å². The normalized spacial score (nSPS) is 11.8. The zero-order chi connectivity index (χ0) is 18.0. The van der Waals surface area contributed by atoms with E-state index in [4.69, 9.17) is 16.3 Å². The summed E-state index contributed by atoms with van der Waals surface area (Å²) in [6.45, 7) is 0.253. The van der Waals surface area contributed by atoms with Crippen LogP contribution in [0.2, 0.25) is 0 Å². The van der Waals surface area contributed by atoms with Crippen molar-refractivity contribution in [3.63, 3.8) is 0 Å². The smallest absolute Gasteiger partial charge is 0.240 e. The molecular weight excluding hydrogens is 334 g/mol. The van der Waals surface area contributed by atoms with Gasteiger partial charge in [0.2, 0.25) is 15.9 Å². The van der Waals surface area contributed by atoms with Gasteiger partial charge in [-0.2, -0.15) is 0 Å². The number of hydrazine groups is 1. The first-order valence-electron chi connectivity index (χ1n) is 7.20. The second-order valence-corrected chi connectivity index (χ2v) is 6.58. The van der Waals surface area contributed by atoms with Crippen LogP contribution in [0.3, 0.4) is 0 Å². The Labute approximate surface area is 141 Å². The van der Waals surface area contributed by atoms with Gasteiger partial charge in [0.25, 0.3) is 0 Å². The summed E-state index contributed by atoms with van der Waals surface area (Å²) < 4.78 is 31.5. The zero-order valence-electron chi connectivity index (χ0n) is 13.4. The van der Waals surface area contributed by atoms with Crippen LogP contribution in [0, 0.1) is 0 Å². The van der Waals surface area contributed by atoms with Gasteiger partial charge < -0.3 is 21.2 Å². The van der Waals surface area contributed by atoms with E-state index in [1.54, 1.807) is 12.1 Å². The van der Waals surface area contributed by atoms with Crippen LogP contribution in [0.4, 0.5) is 0 Å². The number of ether oxygens (including phenoxy) is 1. The van der Waals surface area contributed by atoms with Crippen molar-refractivity contribution in [3.05, 3.63) is 36.2 Å². The third kappa shape index (κ3) is 6.86. The second kappa shape index (κ2) is 9.75.